The minimum Gasteiger partial charge on any atom is -0.491 e. The van der Waals surface area contributed by atoms with Crippen molar-refractivity contribution >= 4 is 0 Å². The van der Waals surface area contributed by atoms with Crippen molar-refractivity contribution in [2.24, 2.45) is 0 Å². The number of rotatable bonds is 9. The van der Waals surface area contributed by atoms with E-state index in [0.717, 1.165) is 18.9 Å². The molecule has 0 spiro atoms. The van der Waals surface area contributed by atoms with Crippen LogP contribution in [0.4, 0.5) is 0 Å². The topological polar surface area (TPSA) is 30.5 Å². The number of benzene rings is 2. The summed E-state index contributed by atoms with van der Waals surface area (Å²) in [4.78, 5) is 0. The van der Waals surface area contributed by atoms with E-state index in [1.54, 1.807) is 0 Å². The van der Waals surface area contributed by atoms with Crippen LogP contribution in [0, 0.1) is 6.92 Å². The molecular formula is C20H27NO2. The van der Waals surface area contributed by atoms with Crippen molar-refractivity contribution in [1.29, 1.82) is 0 Å². The van der Waals surface area contributed by atoms with Crippen molar-refractivity contribution in [3.63, 3.8) is 0 Å². The second-order valence-electron chi connectivity index (χ2n) is 5.67. The van der Waals surface area contributed by atoms with Gasteiger partial charge in [0.05, 0.1) is 6.61 Å². The quantitative estimate of drug-likeness (QED) is 0.702. The molecule has 0 aliphatic rings. The van der Waals surface area contributed by atoms with E-state index in [0.29, 0.717) is 13.2 Å². The molecule has 0 radical (unpaired) electrons. The molecule has 0 amide bonds. The Morgan fingerprint density at radius 1 is 1.00 bits per heavy atom. The highest BCUT2D eigenvalue weighted by Gasteiger charge is 2.10. The summed E-state index contributed by atoms with van der Waals surface area (Å²) in [6, 6.07) is 17.0. The van der Waals surface area contributed by atoms with Crippen molar-refractivity contribution in [2.45, 2.75) is 33.4 Å². The molecule has 3 nitrogen and oxygen atoms in total. The van der Waals surface area contributed by atoms with Crippen LogP contribution in [0.1, 0.15) is 36.6 Å². The number of ether oxygens (including phenoxy) is 2. The number of hydrogen-bond donors (Lipinski definition) is 1. The van der Waals surface area contributed by atoms with E-state index in [-0.39, 0.29) is 6.04 Å². The van der Waals surface area contributed by atoms with Gasteiger partial charge in [0.1, 0.15) is 12.4 Å². The molecule has 2 rings (SSSR count). The fraction of sp³-hybridized carbons (Fsp3) is 0.400. The summed E-state index contributed by atoms with van der Waals surface area (Å²) in [5.41, 5.74) is 3.75. The molecule has 0 saturated heterocycles. The fourth-order valence-corrected chi connectivity index (χ4v) is 2.41. The summed E-state index contributed by atoms with van der Waals surface area (Å²) < 4.78 is 11.2. The maximum atomic E-state index is 5.86. The Morgan fingerprint density at radius 3 is 2.48 bits per heavy atom. The maximum Gasteiger partial charge on any atom is 0.124 e. The molecule has 2 aromatic carbocycles. The van der Waals surface area contributed by atoms with Gasteiger partial charge in [0.15, 0.2) is 0 Å². The Hall–Kier alpha value is -1.84. The molecule has 2 aromatic rings. The van der Waals surface area contributed by atoms with Crippen molar-refractivity contribution in [1.82, 2.24) is 5.32 Å². The van der Waals surface area contributed by atoms with E-state index in [9.17, 15) is 0 Å². The van der Waals surface area contributed by atoms with Crippen LogP contribution in [0.3, 0.4) is 0 Å². The van der Waals surface area contributed by atoms with Gasteiger partial charge in [-0.15, -0.1) is 0 Å². The first-order valence-corrected chi connectivity index (χ1v) is 8.29. The third-order valence-electron chi connectivity index (χ3n) is 3.81. The molecule has 0 bridgehead atoms. The number of aryl methyl sites for hydroxylation is 1. The van der Waals surface area contributed by atoms with Crippen LogP contribution in [0.25, 0.3) is 0 Å². The van der Waals surface area contributed by atoms with Crippen LogP contribution in [0.2, 0.25) is 0 Å². The highest BCUT2D eigenvalue weighted by atomic mass is 16.5. The third-order valence-corrected chi connectivity index (χ3v) is 3.81. The lowest BCUT2D eigenvalue weighted by Crippen LogP contribution is -2.19. The molecule has 1 N–H and O–H groups in total. The smallest absolute Gasteiger partial charge is 0.124 e. The molecule has 1 atom stereocenters. The predicted octanol–water partition coefficient (Wildman–Crippen LogP) is 4.26. The van der Waals surface area contributed by atoms with Gasteiger partial charge in [-0.2, -0.15) is 0 Å². The third kappa shape index (κ3) is 5.70. The van der Waals surface area contributed by atoms with Gasteiger partial charge in [-0.1, -0.05) is 48.0 Å². The molecule has 1 unspecified atom stereocenters. The predicted molar refractivity (Wildman–Crippen MR) is 94.9 cm³/mol. The van der Waals surface area contributed by atoms with Crippen LogP contribution in [-0.4, -0.2) is 19.8 Å². The second-order valence-corrected chi connectivity index (χ2v) is 5.67. The number of nitrogens with one attached hydrogen (secondary N) is 1. The molecule has 0 aliphatic heterocycles. The monoisotopic (exact) mass is 313 g/mol. The van der Waals surface area contributed by atoms with Crippen LogP contribution in [-0.2, 0) is 11.3 Å². The van der Waals surface area contributed by atoms with Gasteiger partial charge in [0, 0.05) is 24.8 Å². The first-order chi connectivity index (χ1) is 11.2. The molecule has 0 saturated carbocycles. The Balaban J connectivity index is 1.92. The maximum absolute atomic E-state index is 5.86. The SMILES string of the molecule is CCOCCOc1ccccc1C(C)NCc1ccc(C)cc1. The van der Waals surface area contributed by atoms with Gasteiger partial charge < -0.3 is 14.8 Å². The van der Waals surface area contributed by atoms with E-state index < -0.39 is 0 Å². The van der Waals surface area contributed by atoms with Gasteiger partial charge in [-0.05, 0) is 32.4 Å². The Kier molecular flexibility index (Phi) is 7.11. The molecule has 124 valence electrons. The van der Waals surface area contributed by atoms with Crippen LogP contribution in [0.15, 0.2) is 48.5 Å². The van der Waals surface area contributed by atoms with Crippen molar-refractivity contribution in [3.8, 4) is 5.75 Å². The van der Waals surface area contributed by atoms with E-state index in [4.69, 9.17) is 9.47 Å². The standard InChI is InChI=1S/C20H27NO2/c1-4-22-13-14-23-20-8-6-5-7-19(20)17(3)21-15-18-11-9-16(2)10-12-18/h5-12,17,21H,4,13-15H2,1-3H3. The molecular weight excluding hydrogens is 286 g/mol. The summed E-state index contributed by atoms with van der Waals surface area (Å²) in [7, 11) is 0. The summed E-state index contributed by atoms with van der Waals surface area (Å²) in [6.07, 6.45) is 0. The van der Waals surface area contributed by atoms with Crippen molar-refractivity contribution < 1.29 is 9.47 Å². The second kappa shape index (κ2) is 9.33. The van der Waals surface area contributed by atoms with Gasteiger partial charge in [0.25, 0.3) is 0 Å². The van der Waals surface area contributed by atoms with Gasteiger partial charge in [-0.25, -0.2) is 0 Å². The number of para-hydroxylation sites is 1. The summed E-state index contributed by atoms with van der Waals surface area (Å²) >= 11 is 0. The van der Waals surface area contributed by atoms with Crippen molar-refractivity contribution in [2.75, 3.05) is 19.8 Å². The first kappa shape index (κ1) is 17.5. The Labute approximate surface area is 139 Å². The highest BCUT2D eigenvalue weighted by Crippen LogP contribution is 2.25. The molecule has 3 heteroatoms. The lowest BCUT2D eigenvalue weighted by Gasteiger charge is -2.18. The van der Waals surface area contributed by atoms with E-state index >= 15 is 0 Å². The normalized spacial score (nSPS) is 12.1. The zero-order valence-corrected chi connectivity index (χ0v) is 14.3. The molecule has 0 aliphatic carbocycles. The average Bonchev–Trinajstić information content (AvgIpc) is 2.58. The molecule has 23 heavy (non-hydrogen) atoms. The van der Waals surface area contributed by atoms with Crippen LogP contribution in [0.5, 0.6) is 5.75 Å². The summed E-state index contributed by atoms with van der Waals surface area (Å²) in [5.74, 6) is 0.927. The Morgan fingerprint density at radius 2 is 1.74 bits per heavy atom. The average molecular weight is 313 g/mol. The number of hydrogen-bond acceptors (Lipinski definition) is 3. The summed E-state index contributed by atoms with van der Waals surface area (Å²) in [5, 5.41) is 3.57. The van der Waals surface area contributed by atoms with Crippen molar-refractivity contribution in [3.05, 3.63) is 65.2 Å². The van der Waals surface area contributed by atoms with E-state index in [2.05, 4.69) is 55.6 Å². The fourth-order valence-electron chi connectivity index (χ4n) is 2.41. The van der Waals surface area contributed by atoms with Crippen LogP contribution < -0.4 is 10.1 Å². The zero-order chi connectivity index (χ0) is 16.5. The molecule has 0 fully saturated rings. The van der Waals surface area contributed by atoms with Gasteiger partial charge in [-0.3, -0.25) is 0 Å². The Bertz CT molecular complexity index is 580. The zero-order valence-electron chi connectivity index (χ0n) is 14.3. The van der Waals surface area contributed by atoms with E-state index in [1.165, 1.54) is 16.7 Å². The first-order valence-electron chi connectivity index (χ1n) is 8.29. The minimum absolute atomic E-state index is 0.222. The summed E-state index contributed by atoms with van der Waals surface area (Å²) in [6.45, 7) is 9.03. The largest absolute Gasteiger partial charge is 0.491 e. The minimum atomic E-state index is 0.222. The lowest BCUT2D eigenvalue weighted by molar-refractivity contribution is 0.109. The highest BCUT2D eigenvalue weighted by molar-refractivity contribution is 5.35. The lowest BCUT2D eigenvalue weighted by atomic mass is 10.1. The van der Waals surface area contributed by atoms with Gasteiger partial charge in [0.2, 0.25) is 0 Å². The van der Waals surface area contributed by atoms with E-state index in [1.807, 2.05) is 19.1 Å². The van der Waals surface area contributed by atoms with Gasteiger partial charge >= 0.3 is 0 Å². The molecule has 0 aromatic heterocycles. The van der Waals surface area contributed by atoms with Crippen LogP contribution >= 0.6 is 0 Å². The molecule has 0 heterocycles.